The van der Waals surface area contributed by atoms with Crippen molar-refractivity contribution in [1.29, 1.82) is 0 Å². The molecule has 0 aromatic rings. The van der Waals surface area contributed by atoms with Gasteiger partial charge in [0.15, 0.2) is 5.83 Å². The first kappa shape index (κ1) is 31.0. The number of hydrogen-bond acceptors (Lipinski definition) is 0. The summed E-state index contributed by atoms with van der Waals surface area (Å²) in [5.74, 6) is -47.9. The van der Waals surface area contributed by atoms with Gasteiger partial charge in [-0.25, -0.2) is 4.39 Å². The second-order valence-corrected chi connectivity index (χ2v) is 6.44. The Kier molecular flexibility index (Phi) is 6.62. The molecule has 0 saturated carbocycles. The van der Waals surface area contributed by atoms with Gasteiger partial charge >= 0.3 is 48.1 Å². The van der Waals surface area contributed by atoms with Gasteiger partial charge in [-0.3, -0.25) is 0 Å². The van der Waals surface area contributed by atoms with E-state index in [1.54, 1.807) is 0 Å². The minimum atomic E-state index is -9.03. The Balaban J connectivity index is 4.88. The Bertz CT molecular complexity index is 898. The summed E-state index contributed by atoms with van der Waals surface area (Å²) >= 11 is 0. The molecule has 22 heteroatoms. The first-order chi connectivity index (χ1) is 14.8. The topological polar surface area (TPSA) is 0 Å². The van der Waals surface area contributed by atoms with Gasteiger partial charge in [-0.15, -0.1) is 0 Å². The van der Waals surface area contributed by atoms with Crippen molar-refractivity contribution < 1.29 is 96.6 Å². The fraction of sp³-hybridized carbons (Fsp3) is 0.692. The number of alkyl halides is 19. The van der Waals surface area contributed by atoms with E-state index in [-0.39, 0.29) is 0 Å². The highest BCUT2D eigenvalue weighted by Gasteiger charge is 2.95. The van der Waals surface area contributed by atoms with Gasteiger partial charge in [0.25, 0.3) is 11.5 Å². The lowest BCUT2D eigenvalue weighted by atomic mass is 9.68. The molecule has 0 aromatic carbocycles. The number of rotatable bonds is 2. The van der Waals surface area contributed by atoms with Gasteiger partial charge in [-0.05, 0) is 0 Å². The van der Waals surface area contributed by atoms with Gasteiger partial charge in [-0.1, -0.05) is 0 Å². The van der Waals surface area contributed by atoms with Crippen LogP contribution in [0.3, 0.4) is 0 Å². The first-order valence-electron chi connectivity index (χ1n) is 7.41. The van der Waals surface area contributed by atoms with Crippen LogP contribution in [-0.2, 0) is 0 Å². The smallest absolute Gasteiger partial charge is 0.205 e. The number of allylic oxidation sites excluding steroid dienone is 3. The lowest BCUT2D eigenvalue weighted by Gasteiger charge is -2.45. The zero-order valence-corrected chi connectivity index (χ0v) is 14.8. The summed E-state index contributed by atoms with van der Waals surface area (Å²) < 4.78 is 294. The van der Waals surface area contributed by atoms with Crippen LogP contribution >= 0.6 is 0 Å². The van der Waals surface area contributed by atoms with Crippen molar-refractivity contribution >= 4 is 0 Å². The number of halogens is 22. The van der Waals surface area contributed by atoms with E-state index in [4.69, 9.17) is 0 Å². The van der Waals surface area contributed by atoms with Crippen molar-refractivity contribution in [2.24, 2.45) is 5.41 Å². The second-order valence-electron chi connectivity index (χ2n) is 6.44. The normalized spacial score (nSPS) is 23.3. The van der Waals surface area contributed by atoms with Crippen molar-refractivity contribution in [3.8, 4) is 0 Å². The summed E-state index contributed by atoms with van der Waals surface area (Å²) in [4.78, 5) is 0. The summed E-state index contributed by atoms with van der Waals surface area (Å²) in [6.45, 7) is 0. The van der Waals surface area contributed by atoms with Crippen molar-refractivity contribution in [3.05, 3.63) is 23.1 Å². The van der Waals surface area contributed by atoms with E-state index in [1.165, 1.54) is 0 Å². The molecular formula is C13F22. The molecule has 0 aromatic heterocycles. The molecular weight excluding hydrogens is 574 g/mol. The van der Waals surface area contributed by atoms with Crippen LogP contribution in [0.4, 0.5) is 96.6 Å². The average Bonchev–Trinajstić information content (AvgIpc) is 2.56. The van der Waals surface area contributed by atoms with Gasteiger partial charge in [0.2, 0.25) is 0 Å². The van der Waals surface area contributed by atoms with E-state index in [2.05, 4.69) is 0 Å². The second kappa shape index (κ2) is 7.48. The molecule has 0 spiro atoms. The van der Waals surface area contributed by atoms with Gasteiger partial charge in [-0.2, -0.15) is 92.2 Å². The summed E-state index contributed by atoms with van der Waals surface area (Å²) in [7, 11) is 0. The molecule has 0 fully saturated rings. The summed E-state index contributed by atoms with van der Waals surface area (Å²) in [6, 6.07) is 0. The molecule has 1 rings (SSSR count). The van der Waals surface area contributed by atoms with E-state index < -0.39 is 76.6 Å². The van der Waals surface area contributed by atoms with Gasteiger partial charge in [0.05, 0.1) is 0 Å². The highest BCUT2D eigenvalue weighted by atomic mass is 19.4. The maximum atomic E-state index is 14.1. The standard InChI is InChI=1S/C13F22/c14-3-1(5(11(27,28)29,12(30,31)32)8(21,22)13(33,34)35)2(4(15)16)6(17,18)9(23,24)10(25,26)7(3,19)20. The van der Waals surface area contributed by atoms with Crippen LogP contribution in [0, 0.1) is 5.41 Å². The third-order valence-corrected chi connectivity index (χ3v) is 4.48. The zero-order valence-electron chi connectivity index (χ0n) is 14.8. The first-order valence-corrected chi connectivity index (χ1v) is 7.41. The minimum Gasteiger partial charge on any atom is -0.205 e. The van der Waals surface area contributed by atoms with E-state index in [0.717, 1.165) is 0 Å². The molecule has 0 nitrogen and oxygen atoms in total. The molecule has 0 aliphatic heterocycles. The Morgan fingerprint density at radius 2 is 0.829 bits per heavy atom. The molecule has 1 aliphatic carbocycles. The third kappa shape index (κ3) is 3.46. The lowest BCUT2D eigenvalue weighted by Crippen LogP contribution is -2.68. The third-order valence-electron chi connectivity index (χ3n) is 4.48. The fourth-order valence-electron chi connectivity index (χ4n) is 2.85. The van der Waals surface area contributed by atoms with E-state index >= 15 is 0 Å². The van der Waals surface area contributed by atoms with Gasteiger partial charge in [0, 0.05) is 5.57 Å². The molecule has 0 heterocycles. The lowest BCUT2D eigenvalue weighted by molar-refractivity contribution is -0.435. The van der Waals surface area contributed by atoms with Crippen molar-refractivity contribution in [1.82, 2.24) is 0 Å². The van der Waals surface area contributed by atoms with E-state index in [9.17, 15) is 96.6 Å². The average molecular weight is 574 g/mol. The maximum absolute atomic E-state index is 14.1. The zero-order chi connectivity index (χ0) is 28.8. The minimum absolute atomic E-state index is 5.36. The van der Waals surface area contributed by atoms with Gasteiger partial charge < -0.3 is 0 Å². The molecule has 206 valence electrons. The van der Waals surface area contributed by atoms with Crippen LogP contribution in [-0.4, -0.2) is 48.1 Å². The van der Waals surface area contributed by atoms with Crippen LogP contribution in [0.1, 0.15) is 0 Å². The molecule has 0 radical (unpaired) electrons. The highest BCUT2D eigenvalue weighted by molar-refractivity contribution is 5.53. The molecule has 0 bridgehead atoms. The quantitative estimate of drug-likeness (QED) is 0.292. The van der Waals surface area contributed by atoms with Crippen LogP contribution < -0.4 is 0 Å². The number of hydrogen-bond donors (Lipinski definition) is 0. The van der Waals surface area contributed by atoms with E-state index in [0.29, 0.717) is 0 Å². The molecule has 35 heavy (non-hydrogen) atoms. The summed E-state index contributed by atoms with van der Waals surface area (Å²) in [6.07, 6.45) is -31.4. The summed E-state index contributed by atoms with van der Waals surface area (Å²) in [5.41, 5.74) is -20.5. The Labute approximate surface area is 174 Å². The van der Waals surface area contributed by atoms with Crippen LogP contribution in [0.15, 0.2) is 23.1 Å². The molecule has 0 saturated heterocycles. The van der Waals surface area contributed by atoms with Crippen molar-refractivity contribution in [2.75, 3.05) is 0 Å². The predicted octanol–water partition coefficient (Wildman–Crippen LogP) is 8.22. The molecule has 1 aliphatic rings. The van der Waals surface area contributed by atoms with Crippen LogP contribution in [0.5, 0.6) is 0 Å². The predicted molar refractivity (Wildman–Crippen MR) is 62.7 cm³/mol. The largest absolute Gasteiger partial charge is 0.455 e. The Morgan fingerprint density at radius 3 is 1.09 bits per heavy atom. The SMILES string of the molecule is FC(F)=C1C(C(C(F)(F)F)(C(F)(F)F)C(F)(F)C(F)(F)F)=C(F)C(F)(F)C(F)(F)C(F)(F)C1(F)F. The Hall–Kier alpha value is -2.06. The van der Waals surface area contributed by atoms with Crippen molar-refractivity contribution in [3.63, 3.8) is 0 Å². The fourth-order valence-corrected chi connectivity index (χ4v) is 2.85. The highest BCUT2D eigenvalue weighted by Crippen LogP contribution is 2.73. The molecule has 0 unspecified atom stereocenters. The van der Waals surface area contributed by atoms with E-state index in [1.807, 2.05) is 0 Å². The molecule has 0 amide bonds. The maximum Gasteiger partial charge on any atom is 0.455 e. The molecule has 0 N–H and O–H groups in total. The van der Waals surface area contributed by atoms with Crippen LogP contribution in [0.25, 0.3) is 0 Å². The Morgan fingerprint density at radius 1 is 0.514 bits per heavy atom. The van der Waals surface area contributed by atoms with Crippen LogP contribution in [0.2, 0.25) is 0 Å². The van der Waals surface area contributed by atoms with Crippen molar-refractivity contribution in [2.45, 2.75) is 48.1 Å². The van der Waals surface area contributed by atoms with Gasteiger partial charge in [0.1, 0.15) is 5.57 Å². The molecule has 0 atom stereocenters. The summed E-state index contributed by atoms with van der Waals surface area (Å²) in [5, 5.41) is 0. The monoisotopic (exact) mass is 574 g/mol.